The minimum atomic E-state index is -0.518. The highest BCUT2D eigenvalue weighted by molar-refractivity contribution is 7.81. The van der Waals surface area contributed by atoms with E-state index in [1.165, 1.54) is 30.3 Å². The molecule has 146 valence electrons. The van der Waals surface area contributed by atoms with Crippen LogP contribution in [0.15, 0.2) is 73.1 Å². The van der Waals surface area contributed by atoms with Crippen molar-refractivity contribution in [1.29, 1.82) is 0 Å². The number of non-ortho nitro benzene ring substituents is 1. The zero-order valence-electron chi connectivity index (χ0n) is 15.4. The molecule has 0 fully saturated rings. The van der Waals surface area contributed by atoms with Crippen molar-refractivity contribution in [3.05, 3.63) is 100 Å². The van der Waals surface area contributed by atoms with E-state index in [4.69, 9.17) is 12.2 Å². The fourth-order valence-electron chi connectivity index (χ4n) is 2.63. The Morgan fingerprint density at radius 2 is 1.79 bits per heavy atom. The average Bonchev–Trinajstić information content (AvgIpc) is 2.71. The Kier molecular flexibility index (Phi) is 5.94. The number of nitro benzene ring substituents is 1. The highest BCUT2D eigenvalue weighted by Gasteiger charge is 2.24. The number of anilines is 1. The molecular weight excluding hydrogens is 393 g/mol. The van der Waals surface area contributed by atoms with E-state index in [2.05, 4.69) is 5.32 Å². The minimum Gasteiger partial charge on any atom is -0.502 e. The summed E-state index contributed by atoms with van der Waals surface area (Å²) in [6, 6.07) is 15.4. The van der Waals surface area contributed by atoms with Gasteiger partial charge in [0.15, 0.2) is 23.1 Å². The molecule has 1 aromatic heterocycles. The summed E-state index contributed by atoms with van der Waals surface area (Å²) in [6.45, 7) is 1.66. The van der Waals surface area contributed by atoms with Gasteiger partial charge in [-0.1, -0.05) is 24.4 Å². The fraction of sp³-hybridized carbons (Fsp3) is 0.0476. The van der Waals surface area contributed by atoms with Crippen molar-refractivity contribution in [1.82, 2.24) is 0 Å². The number of nitrogens with one attached hydrogen (secondary N) is 1. The van der Waals surface area contributed by atoms with Crippen molar-refractivity contribution in [2.24, 2.45) is 0 Å². The second-order valence-electron chi connectivity index (χ2n) is 6.20. The zero-order valence-corrected chi connectivity index (χ0v) is 16.2. The second-order valence-corrected chi connectivity index (χ2v) is 6.61. The van der Waals surface area contributed by atoms with Crippen molar-refractivity contribution < 1.29 is 19.0 Å². The third-order valence-electron chi connectivity index (χ3n) is 4.19. The van der Waals surface area contributed by atoms with Gasteiger partial charge in [0, 0.05) is 35.5 Å². The van der Waals surface area contributed by atoms with Gasteiger partial charge in [0.05, 0.1) is 4.92 Å². The van der Waals surface area contributed by atoms with Crippen LogP contribution in [0, 0.1) is 22.9 Å². The molecule has 0 aliphatic rings. The summed E-state index contributed by atoms with van der Waals surface area (Å²) in [7, 11) is 0. The molecule has 1 heterocycles. The number of nitrogens with zero attached hydrogens (tertiary/aromatic N) is 2. The number of thiocarbonyl (C=S) groups is 1. The average molecular weight is 410 g/mol. The monoisotopic (exact) mass is 410 g/mol. The lowest BCUT2D eigenvalue weighted by atomic mass is 10.1. The number of aliphatic hydroxyl groups excluding tert-OH is 1. The Labute approximate surface area is 171 Å². The van der Waals surface area contributed by atoms with E-state index >= 15 is 0 Å². The molecule has 0 amide bonds. The van der Waals surface area contributed by atoms with E-state index in [0.29, 0.717) is 16.8 Å². The lowest BCUT2D eigenvalue weighted by molar-refractivity contribution is -0.575. The van der Waals surface area contributed by atoms with E-state index in [1.807, 2.05) is 6.07 Å². The normalized spacial score (nSPS) is 11.5. The number of benzene rings is 2. The van der Waals surface area contributed by atoms with Crippen LogP contribution in [0.25, 0.3) is 11.5 Å². The van der Waals surface area contributed by atoms with E-state index in [-0.39, 0.29) is 27.9 Å². The van der Waals surface area contributed by atoms with Gasteiger partial charge in [-0.05, 0) is 36.8 Å². The fourth-order valence-corrected chi connectivity index (χ4v) is 2.95. The molecule has 6 nitrogen and oxygen atoms in total. The van der Waals surface area contributed by atoms with Crippen molar-refractivity contribution in [2.45, 2.75) is 6.92 Å². The van der Waals surface area contributed by atoms with Gasteiger partial charge in [0.25, 0.3) is 11.4 Å². The van der Waals surface area contributed by atoms with Crippen LogP contribution in [0.2, 0.25) is 0 Å². The number of nitro groups is 1. The number of pyridine rings is 1. The molecule has 0 unspecified atom stereocenters. The standard InChI is InChI=1S/C21H16FN3O3S/c1-14-5-8-16(13-18(14)22)23-21(29)19(24-11-3-2-4-12-24)20(26)15-6-9-17(10-7-15)25(27)28/h2-13H,1H3,(H-,23,26,29)/p+1. The predicted octanol–water partition coefficient (Wildman–Crippen LogP) is 4.65. The molecule has 0 aliphatic heterocycles. The summed E-state index contributed by atoms with van der Waals surface area (Å²) in [4.78, 5) is 10.5. The number of aryl methyl sites for hydroxylation is 1. The molecule has 3 aromatic rings. The smallest absolute Gasteiger partial charge is 0.288 e. The highest BCUT2D eigenvalue weighted by Crippen LogP contribution is 2.22. The van der Waals surface area contributed by atoms with Crippen molar-refractivity contribution in [3.8, 4) is 0 Å². The molecule has 0 radical (unpaired) electrons. The van der Waals surface area contributed by atoms with Crippen LogP contribution < -0.4 is 9.88 Å². The van der Waals surface area contributed by atoms with Crippen LogP contribution in [0.4, 0.5) is 15.8 Å². The van der Waals surface area contributed by atoms with Gasteiger partial charge >= 0.3 is 0 Å². The molecule has 0 aliphatic carbocycles. The molecule has 3 rings (SSSR count). The van der Waals surface area contributed by atoms with Gasteiger partial charge in [-0.3, -0.25) is 10.1 Å². The van der Waals surface area contributed by atoms with Gasteiger partial charge in [-0.25, -0.2) is 4.39 Å². The third-order valence-corrected chi connectivity index (χ3v) is 4.49. The topological polar surface area (TPSA) is 79.3 Å². The Morgan fingerprint density at radius 1 is 1.14 bits per heavy atom. The van der Waals surface area contributed by atoms with E-state index in [9.17, 15) is 19.6 Å². The summed E-state index contributed by atoms with van der Waals surface area (Å²) in [5, 5.41) is 24.7. The van der Waals surface area contributed by atoms with Crippen molar-refractivity contribution in [2.75, 3.05) is 5.32 Å². The van der Waals surface area contributed by atoms with Gasteiger partial charge < -0.3 is 10.4 Å². The minimum absolute atomic E-state index is 0.0914. The van der Waals surface area contributed by atoms with Crippen molar-refractivity contribution in [3.63, 3.8) is 0 Å². The summed E-state index contributed by atoms with van der Waals surface area (Å²) in [5.74, 6) is -0.559. The third kappa shape index (κ3) is 4.61. The lowest BCUT2D eigenvalue weighted by Crippen LogP contribution is -2.38. The molecule has 2 aromatic carbocycles. The first-order valence-electron chi connectivity index (χ1n) is 8.59. The van der Waals surface area contributed by atoms with Crippen molar-refractivity contribution >= 4 is 40.0 Å². The Hall–Kier alpha value is -3.65. The molecule has 8 heteroatoms. The number of halogens is 1. The Bertz CT molecular complexity index is 1100. The summed E-state index contributed by atoms with van der Waals surface area (Å²) >= 11 is 5.48. The van der Waals surface area contributed by atoms with E-state index < -0.39 is 4.92 Å². The molecule has 0 saturated carbocycles. The zero-order chi connectivity index (χ0) is 21.0. The summed E-state index contributed by atoms with van der Waals surface area (Å²) in [6.07, 6.45) is 3.39. The number of hydrogen-bond donors (Lipinski definition) is 2. The lowest BCUT2D eigenvalue weighted by Gasteiger charge is -2.10. The molecule has 2 N–H and O–H groups in total. The maximum atomic E-state index is 13.9. The quantitative estimate of drug-likeness (QED) is 0.160. The van der Waals surface area contributed by atoms with Crippen LogP contribution in [0.3, 0.4) is 0 Å². The Morgan fingerprint density at radius 3 is 2.38 bits per heavy atom. The second kappa shape index (κ2) is 8.57. The van der Waals surface area contributed by atoms with Crippen LogP contribution in [0.1, 0.15) is 11.1 Å². The SMILES string of the molecule is Cc1ccc(NC(=S)C(=C(O)c2ccc([N+](=O)[O-])cc2)[n+]2ccccc2)cc1F. The number of aromatic nitrogens is 1. The summed E-state index contributed by atoms with van der Waals surface area (Å²) in [5.41, 5.74) is 1.44. The largest absolute Gasteiger partial charge is 0.502 e. The number of aliphatic hydroxyl groups is 1. The van der Waals surface area contributed by atoms with E-state index in [1.54, 1.807) is 48.1 Å². The van der Waals surface area contributed by atoms with Gasteiger partial charge in [-0.2, -0.15) is 4.57 Å². The van der Waals surface area contributed by atoms with Crippen LogP contribution >= 0.6 is 12.2 Å². The molecule has 0 atom stereocenters. The van der Waals surface area contributed by atoms with E-state index in [0.717, 1.165) is 0 Å². The number of rotatable bonds is 5. The van der Waals surface area contributed by atoms with Gasteiger partial charge in [0.2, 0.25) is 0 Å². The molecule has 0 saturated heterocycles. The van der Waals surface area contributed by atoms with Crippen LogP contribution in [-0.2, 0) is 0 Å². The maximum absolute atomic E-state index is 13.9. The molecule has 0 spiro atoms. The molecule has 29 heavy (non-hydrogen) atoms. The Balaban J connectivity index is 2.04. The first kappa shape index (κ1) is 20.1. The van der Waals surface area contributed by atoms with Gasteiger partial charge in [0.1, 0.15) is 5.82 Å². The predicted molar refractivity (Wildman–Crippen MR) is 113 cm³/mol. The van der Waals surface area contributed by atoms with Gasteiger partial charge in [-0.15, -0.1) is 0 Å². The highest BCUT2D eigenvalue weighted by atomic mass is 32.1. The first-order chi connectivity index (χ1) is 13.9. The molecular formula is C21H17FN3O3S+. The van der Waals surface area contributed by atoms with Crippen LogP contribution in [0.5, 0.6) is 0 Å². The maximum Gasteiger partial charge on any atom is 0.288 e. The summed E-state index contributed by atoms with van der Waals surface area (Å²) < 4.78 is 15.5. The van der Waals surface area contributed by atoms with Crippen LogP contribution in [-0.4, -0.2) is 15.0 Å². The number of hydrogen-bond acceptors (Lipinski definition) is 4. The molecule has 0 bridgehead atoms. The first-order valence-corrected chi connectivity index (χ1v) is 9.00.